The van der Waals surface area contributed by atoms with Crippen molar-refractivity contribution in [3.05, 3.63) is 75.8 Å². The second kappa shape index (κ2) is 11.7. The fraction of sp³-hybridized carbons (Fsp3) is 0.438. The smallest absolute Gasteiger partial charge is 0.407 e. The van der Waals surface area contributed by atoms with E-state index in [9.17, 15) is 4.79 Å². The van der Waals surface area contributed by atoms with E-state index in [2.05, 4.69) is 49.7 Å². The summed E-state index contributed by atoms with van der Waals surface area (Å²) in [6.07, 6.45) is 6.53. The van der Waals surface area contributed by atoms with E-state index >= 15 is 0 Å². The lowest BCUT2D eigenvalue weighted by molar-refractivity contribution is 0.105. The molecule has 0 bridgehead atoms. The van der Waals surface area contributed by atoms with Crippen LogP contribution >= 0.6 is 11.6 Å². The standard InChI is InChI=1S/C32H35ClN6O2/c1-23-35-36-30-32(15-16-32)34-29(25-10-12-26(33)13-11-25)27-22-24(9-14-28(27)39(23)30)8-6-4-2-3-5-7-17-37-18-20-38(21-19-37)31(40)41/h9-14,22H,2-5,7,15-21H2,1H3,(H,40,41). The van der Waals surface area contributed by atoms with Gasteiger partial charge in [-0.25, -0.2) is 4.79 Å². The van der Waals surface area contributed by atoms with Crippen LogP contribution in [0.3, 0.4) is 0 Å². The highest BCUT2D eigenvalue weighted by molar-refractivity contribution is 6.30. The highest BCUT2D eigenvalue weighted by Gasteiger charge is 2.51. The van der Waals surface area contributed by atoms with E-state index in [-0.39, 0.29) is 5.54 Å². The van der Waals surface area contributed by atoms with E-state index in [1.54, 1.807) is 0 Å². The van der Waals surface area contributed by atoms with Crippen molar-refractivity contribution in [1.82, 2.24) is 24.6 Å². The Kier molecular flexibility index (Phi) is 7.83. The van der Waals surface area contributed by atoms with Crippen LogP contribution in [0.2, 0.25) is 5.02 Å². The Morgan fingerprint density at radius 2 is 1.76 bits per heavy atom. The van der Waals surface area contributed by atoms with Crippen molar-refractivity contribution in [1.29, 1.82) is 0 Å². The van der Waals surface area contributed by atoms with Gasteiger partial charge in [-0.1, -0.05) is 48.4 Å². The molecule has 9 heteroatoms. The van der Waals surface area contributed by atoms with Gasteiger partial charge < -0.3 is 10.0 Å². The van der Waals surface area contributed by atoms with Crippen molar-refractivity contribution in [3.63, 3.8) is 0 Å². The lowest BCUT2D eigenvalue weighted by Crippen LogP contribution is -2.48. The van der Waals surface area contributed by atoms with Gasteiger partial charge in [-0.15, -0.1) is 10.2 Å². The average molecular weight is 571 g/mol. The fourth-order valence-electron chi connectivity index (χ4n) is 5.79. The van der Waals surface area contributed by atoms with Gasteiger partial charge in [0.25, 0.3) is 0 Å². The van der Waals surface area contributed by atoms with Crippen LogP contribution in [0.4, 0.5) is 4.79 Å². The maximum absolute atomic E-state index is 11.1. The quantitative estimate of drug-likeness (QED) is 0.292. The molecule has 41 heavy (non-hydrogen) atoms. The number of aryl methyl sites for hydroxylation is 1. The van der Waals surface area contributed by atoms with E-state index in [1.165, 1.54) is 11.3 Å². The molecule has 2 aromatic carbocycles. The van der Waals surface area contributed by atoms with Gasteiger partial charge in [-0.05, 0) is 69.5 Å². The maximum Gasteiger partial charge on any atom is 0.407 e. The molecular weight excluding hydrogens is 536 g/mol. The number of hydrogen-bond donors (Lipinski definition) is 1. The number of fused-ring (bicyclic) bond motifs is 4. The molecule has 1 aliphatic carbocycles. The number of halogens is 1. The van der Waals surface area contributed by atoms with E-state index in [0.717, 1.165) is 97.9 Å². The fourth-order valence-corrected chi connectivity index (χ4v) is 5.91. The third-order valence-corrected chi connectivity index (χ3v) is 8.55. The van der Waals surface area contributed by atoms with Gasteiger partial charge in [0.1, 0.15) is 11.4 Å². The minimum Gasteiger partial charge on any atom is -0.465 e. The predicted molar refractivity (Wildman–Crippen MR) is 160 cm³/mol. The summed E-state index contributed by atoms with van der Waals surface area (Å²) in [5.41, 5.74) is 4.71. The Hall–Kier alpha value is -3.67. The number of amides is 1. The average Bonchev–Trinajstić information content (AvgIpc) is 3.68. The van der Waals surface area contributed by atoms with Crippen LogP contribution < -0.4 is 0 Å². The molecule has 3 heterocycles. The molecule has 2 aliphatic heterocycles. The molecule has 1 aromatic heterocycles. The Bertz CT molecular complexity index is 1520. The second-order valence-electron chi connectivity index (χ2n) is 11.2. The lowest BCUT2D eigenvalue weighted by atomic mass is 9.98. The SMILES string of the molecule is Cc1nnc2n1-c1ccc(C#CCCCCCCN3CCN(C(=O)O)CC3)cc1C(c1ccc(Cl)cc1)=NC21CC1. The molecule has 3 aliphatic rings. The molecule has 1 saturated heterocycles. The summed E-state index contributed by atoms with van der Waals surface area (Å²) in [5.74, 6) is 8.56. The van der Waals surface area contributed by atoms with Gasteiger partial charge in [0.15, 0.2) is 5.82 Å². The largest absolute Gasteiger partial charge is 0.465 e. The Balaban J connectivity index is 1.11. The normalized spacial score (nSPS) is 17.2. The first-order chi connectivity index (χ1) is 19.9. The first kappa shape index (κ1) is 27.5. The third kappa shape index (κ3) is 5.88. The van der Waals surface area contributed by atoms with Crippen molar-refractivity contribution in [2.75, 3.05) is 32.7 Å². The minimum atomic E-state index is -0.807. The zero-order valence-corrected chi connectivity index (χ0v) is 24.2. The van der Waals surface area contributed by atoms with Crippen LogP contribution in [-0.2, 0) is 5.54 Å². The number of rotatable bonds is 7. The molecule has 8 nitrogen and oxygen atoms in total. The molecule has 0 atom stereocenters. The van der Waals surface area contributed by atoms with Crippen molar-refractivity contribution < 1.29 is 9.90 Å². The van der Waals surface area contributed by atoms with Gasteiger partial charge in [-0.2, -0.15) is 0 Å². The molecule has 2 fully saturated rings. The van der Waals surface area contributed by atoms with Gasteiger partial charge in [0.05, 0.1) is 11.4 Å². The first-order valence-corrected chi connectivity index (χ1v) is 14.9. The molecule has 3 aromatic rings. The van der Waals surface area contributed by atoms with Crippen molar-refractivity contribution in [3.8, 4) is 17.5 Å². The number of carbonyl (C=O) groups is 1. The van der Waals surface area contributed by atoms with Crippen LogP contribution in [0.1, 0.15) is 73.3 Å². The van der Waals surface area contributed by atoms with Crippen LogP contribution in [-0.4, -0.2) is 74.2 Å². The molecule has 0 unspecified atom stereocenters. The second-order valence-corrected chi connectivity index (χ2v) is 11.7. The zero-order chi connectivity index (χ0) is 28.4. The zero-order valence-electron chi connectivity index (χ0n) is 23.4. The van der Waals surface area contributed by atoms with Gasteiger partial charge >= 0.3 is 6.09 Å². The van der Waals surface area contributed by atoms with E-state index in [0.29, 0.717) is 18.1 Å². The van der Waals surface area contributed by atoms with Crippen LogP contribution in [0.15, 0.2) is 47.5 Å². The summed E-state index contributed by atoms with van der Waals surface area (Å²) < 4.78 is 2.16. The summed E-state index contributed by atoms with van der Waals surface area (Å²) in [6, 6.07) is 14.3. The van der Waals surface area contributed by atoms with Gasteiger partial charge in [-0.3, -0.25) is 14.5 Å². The molecule has 212 valence electrons. The first-order valence-electron chi connectivity index (χ1n) is 14.6. The van der Waals surface area contributed by atoms with Crippen molar-refractivity contribution in [2.45, 2.75) is 57.4 Å². The van der Waals surface area contributed by atoms with Gasteiger partial charge in [0.2, 0.25) is 0 Å². The third-order valence-electron chi connectivity index (χ3n) is 8.30. The molecule has 6 rings (SSSR count). The molecule has 1 saturated carbocycles. The minimum absolute atomic E-state index is 0.325. The number of piperazine rings is 1. The molecule has 0 radical (unpaired) electrons. The van der Waals surface area contributed by atoms with Crippen LogP contribution in [0.25, 0.3) is 5.69 Å². The number of unbranched alkanes of at least 4 members (excludes halogenated alkanes) is 4. The topological polar surface area (TPSA) is 86.9 Å². The van der Waals surface area contributed by atoms with Crippen LogP contribution in [0, 0.1) is 18.8 Å². The number of aliphatic imine (C=N–C) groups is 1. The summed E-state index contributed by atoms with van der Waals surface area (Å²) in [6.45, 7) is 5.94. The highest BCUT2D eigenvalue weighted by atomic mass is 35.5. The monoisotopic (exact) mass is 570 g/mol. The highest BCUT2D eigenvalue weighted by Crippen LogP contribution is 2.51. The lowest BCUT2D eigenvalue weighted by Gasteiger charge is -2.33. The Morgan fingerprint density at radius 3 is 2.49 bits per heavy atom. The number of hydrogen-bond acceptors (Lipinski definition) is 5. The maximum atomic E-state index is 11.1. The Labute approximate surface area is 246 Å². The number of aromatic nitrogens is 3. The number of nitrogens with zero attached hydrogens (tertiary/aromatic N) is 6. The van der Waals surface area contributed by atoms with Crippen LogP contribution in [0.5, 0.6) is 0 Å². The molecule has 1 amide bonds. The molecule has 1 spiro atoms. The summed E-state index contributed by atoms with van der Waals surface area (Å²) in [5, 5.41) is 18.7. The van der Waals surface area contributed by atoms with E-state index < -0.39 is 6.09 Å². The molecular formula is C32H35ClN6O2. The Morgan fingerprint density at radius 1 is 1.00 bits per heavy atom. The molecule has 1 N–H and O–H groups in total. The van der Waals surface area contributed by atoms with Crippen molar-refractivity contribution in [2.24, 2.45) is 4.99 Å². The van der Waals surface area contributed by atoms with Gasteiger partial charge in [0, 0.05) is 54.3 Å². The predicted octanol–water partition coefficient (Wildman–Crippen LogP) is 5.67. The number of benzene rings is 2. The van der Waals surface area contributed by atoms with E-state index in [1.807, 2.05) is 31.2 Å². The summed E-state index contributed by atoms with van der Waals surface area (Å²) in [7, 11) is 0. The number of carboxylic acid groups (broad SMARTS) is 1. The van der Waals surface area contributed by atoms with E-state index in [4.69, 9.17) is 21.7 Å². The van der Waals surface area contributed by atoms with Crippen molar-refractivity contribution >= 4 is 23.4 Å². The summed E-state index contributed by atoms with van der Waals surface area (Å²) >= 11 is 6.21. The summed E-state index contributed by atoms with van der Waals surface area (Å²) in [4.78, 5) is 20.2.